The van der Waals surface area contributed by atoms with Gasteiger partial charge < -0.3 is 15.8 Å². The van der Waals surface area contributed by atoms with Crippen LogP contribution in [0.3, 0.4) is 0 Å². The van der Waals surface area contributed by atoms with Gasteiger partial charge in [-0.2, -0.15) is 0 Å². The molecule has 5 heteroatoms. The number of hydrogen-bond acceptors (Lipinski definition) is 3. The summed E-state index contributed by atoms with van der Waals surface area (Å²) in [5.41, 5.74) is 7.59. The first-order valence-corrected chi connectivity index (χ1v) is 6.22. The molecule has 0 saturated carbocycles. The molecule has 1 atom stereocenters. The fourth-order valence-corrected chi connectivity index (χ4v) is 1.75. The molecule has 0 fully saturated rings. The number of esters is 1. The number of carbonyl (C=O) groups excluding carboxylic acids is 1. The molecule has 0 aromatic heterocycles. The van der Waals surface area contributed by atoms with Crippen molar-refractivity contribution < 1.29 is 9.53 Å². The van der Waals surface area contributed by atoms with Crippen LogP contribution in [0.4, 0.5) is 0 Å². The maximum absolute atomic E-state index is 11.5. The van der Waals surface area contributed by atoms with Crippen LogP contribution in [0.5, 0.6) is 0 Å². The van der Waals surface area contributed by atoms with Gasteiger partial charge in [-0.25, -0.2) is 0 Å². The van der Waals surface area contributed by atoms with Gasteiger partial charge in [0.15, 0.2) is 5.11 Å². The second kappa shape index (κ2) is 6.96. The van der Waals surface area contributed by atoms with Crippen molar-refractivity contribution in [1.82, 2.24) is 5.32 Å². The fourth-order valence-electron chi connectivity index (χ4n) is 1.61. The van der Waals surface area contributed by atoms with E-state index in [1.807, 2.05) is 31.2 Å². The van der Waals surface area contributed by atoms with E-state index in [-0.39, 0.29) is 23.5 Å². The third-order valence-corrected chi connectivity index (χ3v) is 2.59. The first-order chi connectivity index (χ1) is 8.52. The van der Waals surface area contributed by atoms with Crippen LogP contribution in [-0.2, 0) is 9.53 Å². The molecule has 0 amide bonds. The van der Waals surface area contributed by atoms with Gasteiger partial charge in [0.2, 0.25) is 0 Å². The number of thiocarbonyl (C=S) groups is 1. The Morgan fingerprint density at radius 1 is 1.44 bits per heavy atom. The van der Waals surface area contributed by atoms with E-state index in [0.29, 0.717) is 6.61 Å². The normalized spacial score (nSPS) is 11.7. The summed E-state index contributed by atoms with van der Waals surface area (Å²) in [6.45, 7) is 4.15. The van der Waals surface area contributed by atoms with Crippen LogP contribution < -0.4 is 11.1 Å². The second-order valence-electron chi connectivity index (χ2n) is 3.98. The van der Waals surface area contributed by atoms with Crippen molar-refractivity contribution in [3.05, 3.63) is 35.4 Å². The Morgan fingerprint density at radius 2 is 2.06 bits per heavy atom. The number of carbonyl (C=O) groups is 1. The summed E-state index contributed by atoms with van der Waals surface area (Å²) in [6.07, 6.45) is 0.203. The van der Waals surface area contributed by atoms with E-state index in [4.69, 9.17) is 22.7 Å². The highest BCUT2D eigenvalue weighted by molar-refractivity contribution is 7.80. The maximum atomic E-state index is 11.5. The van der Waals surface area contributed by atoms with Crippen LogP contribution in [0.25, 0.3) is 0 Å². The molecule has 0 spiro atoms. The number of benzene rings is 1. The standard InChI is InChI=1S/C13H18N2O2S/c1-3-17-12(16)8-11(15-13(14)18)10-6-4-9(2)5-7-10/h4-7,11H,3,8H2,1-2H3,(H3,14,15,18). The molecule has 1 aromatic carbocycles. The summed E-state index contributed by atoms with van der Waals surface area (Å²) in [5, 5.41) is 3.08. The predicted molar refractivity (Wildman–Crippen MR) is 75.1 cm³/mol. The molecule has 0 saturated heterocycles. The smallest absolute Gasteiger partial charge is 0.308 e. The Hall–Kier alpha value is -1.62. The summed E-state index contributed by atoms with van der Waals surface area (Å²) in [6, 6.07) is 7.61. The van der Waals surface area contributed by atoms with Gasteiger partial charge in [0.25, 0.3) is 0 Å². The lowest BCUT2D eigenvalue weighted by atomic mass is 10.0. The van der Waals surface area contributed by atoms with E-state index < -0.39 is 0 Å². The molecule has 1 unspecified atom stereocenters. The summed E-state index contributed by atoms with van der Waals surface area (Å²) >= 11 is 4.83. The number of aryl methyl sites for hydroxylation is 1. The highest BCUT2D eigenvalue weighted by Gasteiger charge is 2.16. The summed E-state index contributed by atoms with van der Waals surface area (Å²) in [4.78, 5) is 11.5. The first kappa shape index (κ1) is 14.4. The lowest BCUT2D eigenvalue weighted by Gasteiger charge is -2.18. The molecule has 0 bridgehead atoms. The van der Waals surface area contributed by atoms with Crippen LogP contribution in [0.15, 0.2) is 24.3 Å². The van der Waals surface area contributed by atoms with Crippen LogP contribution in [0.1, 0.15) is 30.5 Å². The third kappa shape index (κ3) is 4.71. The van der Waals surface area contributed by atoms with Crippen LogP contribution in [0, 0.1) is 6.92 Å². The monoisotopic (exact) mass is 266 g/mol. The highest BCUT2D eigenvalue weighted by atomic mass is 32.1. The van der Waals surface area contributed by atoms with E-state index in [1.54, 1.807) is 6.92 Å². The lowest BCUT2D eigenvalue weighted by Crippen LogP contribution is -2.34. The van der Waals surface area contributed by atoms with Crippen molar-refractivity contribution in [2.75, 3.05) is 6.61 Å². The molecule has 18 heavy (non-hydrogen) atoms. The summed E-state index contributed by atoms with van der Waals surface area (Å²) < 4.78 is 4.94. The highest BCUT2D eigenvalue weighted by Crippen LogP contribution is 2.18. The fraction of sp³-hybridized carbons (Fsp3) is 0.385. The van der Waals surface area contributed by atoms with Gasteiger partial charge in [0.1, 0.15) is 0 Å². The van der Waals surface area contributed by atoms with Crippen molar-refractivity contribution >= 4 is 23.3 Å². The number of hydrogen-bond donors (Lipinski definition) is 2. The van der Waals surface area contributed by atoms with Gasteiger partial charge in [0, 0.05) is 0 Å². The minimum atomic E-state index is -0.271. The third-order valence-electron chi connectivity index (χ3n) is 2.47. The minimum Gasteiger partial charge on any atom is -0.466 e. The van der Waals surface area contributed by atoms with E-state index in [9.17, 15) is 4.79 Å². The number of ether oxygens (including phenoxy) is 1. The zero-order valence-corrected chi connectivity index (χ0v) is 11.4. The molecular weight excluding hydrogens is 248 g/mol. The molecule has 98 valence electrons. The minimum absolute atomic E-state index is 0.171. The van der Waals surface area contributed by atoms with Gasteiger partial charge in [-0.15, -0.1) is 0 Å². The van der Waals surface area contributed by atoms with E-state index in [1.165, 1.54) is 0 Å². The average molecular weight is 266 g/mol. The average Bonchev–Trinajstić information content (AvgIpc) is 2.28. The molecule has 1 aromatic rings. The Bertz CT molecular complexity index is 418. The van der Waals surface area contributed by atoms with Gasteiger partial charge in [-0.05, 0) is 31.6 Å². The molecule has 0 heterocycles. The van der Waals surface area contributed by atoms with Crippen molar-refractivity contribution in [2.24, 2.45) is 5.73 Å². The summed E-state index contributed by atoms with van der Waals surface area (Å²) in [7, 11) is 0. The van der Waals surface area contributed by atoms with Crippen molar-refractivity contribution in [2.45, 2.75) is 26.3 Å². The number of nitrogens with two attached hydrogens (primary N) is 1. The molecule has 0 aliphatic rings. The first-order valence-electron chi connectivity index (χ1n) is 5.81. The Morgan fingerprint density at radius 3 is 2.56 bits per heavy atom. The van der Waals surface area contributed by atoms with Crippen LogP contribution >= 0.6 is 12.2 Å². The quantitative estimate of drug-likeness (QED) is 0.629. The Kier molecular flexibility index (Phi) is 5.58. The zero-order valence-electron chi connectivity index (χ0n) is 10.6. The number of rotatable bonds is 5. The van der Waals surface area contributed by atoms with Gasteiger partial charge >= 0.3 is 5.97 Å². The topological polar surface area (TPSA) is 64.3 Å². The molecule has 0 aliphatic heterocycles. The lowest BCUT2D eigenvalue weighted by molar-refractivity contribution is -0.143. The van der Waals surface area contributed by atoms with Crippen molar-refractivity contribution in [1.29, 1.82) is 0 Å². The Balaban J connectivity index is 2.80. The van der Waals surface area contributed by atoms with Crippen molar-refractivity contribution in [3.8, 4) is 0 Å². The van der Waals surface area contributed by atoms with E-state index in [2.05, 4.69) is 5.32 Å². The van der Waals surface area contributed by atoms with Gasteiger partial charge in [-0.1, -0.05) is 29.8 Å². The van der Waals surface area contributed by atoms with E-state index >= 15 is 0 Å². The predicted octanol–water partition coefficient (Wildman–Crippen LogP) is 1.82. The molecule has 4 nitrogen and oxygen atoms in total. The number of nitrogens with one attached hydrogen (secondary N) is 1. The van der Waals surface area contributed by atoms with Crippen LogP contribution in [0.2, 0.25) is 0 Å². The van der Waals surface area contributed by atoms with Crippen LogP contribution in [-0.4, -0.2) is 17.7 Å². The second-order valence-corrected chi connectivity index (χ2v) is 4.42. The van der Waals surface area contributed by atoms with E-state index in [0.717, 1.165) is 11.1 Å². The summed E-state index contributed by atoms with van der Waals surface area (Å²) in [5.74, 6) is -0.271. The molecule has 3 N–H and O–H groups in total. The molecule has 0 aliphatic carbocycles. The molecule has 0 radical (unpaired) electrons. The van der Waals surface area contributed by atoms with Crippen molar-refractivity contribution in [3.63, 3.8) is 0 Å². The molecule has 1 rings (SSSR count). The van der Waals surface area contributed by atoms with Gasteiger partial charge in [0.05, 0.1) is 19.1 Å². The SMILES string of the molecule is CCOC(=O)CC(NC(N)=S)c1ccc(C)cc1. The largest absolute Gasteiger partial charge is 0.466 e. The zero-order chi connectivity index (χ0) is 13.5. The maximum Gasteiger partial charge on any atom is 0.308 e. The van der Waals surface area contributed by atoms with Gasteiger partial charge in [-0.3, -0.25) is 4.79 Å². The Labute approximate surface area is 113 Å². The molecular formula is C13H18N2O2S.